The van der Waals surface area contributed by atoms with E-state index in [9.17, 15) is 17.6 Å². The second kappa shape index (κ2) is 7.33. The third kappa shape index (κ3) is 4.24. The zero-order chi connectivity index (χ0) is 18.8. The molecule has 2 aromatic carbocycles. The lowest BCUT2D eigenvalue weighted by atomic mass is 10.1. The molecule has 0 radical (unpaired) electrons. The van der Waals surface area contributed by atoms with Gasteiger partial charge in [-0.2, -0.15) is 4.31 Å². The zero-order valence-electron chi connectivity index (χ0n) is 14.6. The van der Waals surface area contributed by atoms with E-state index >= 15 is 0 Å². The van der Waals surface area contributed by atoms with Gasteiger partial charge in [-0.3, -0.25) is 4.79 Å². The Balaban J connectivity index is 2.17. The molecule has 0 aliphatic carbocycles. The van der Waals surface area contributed by atoms with Crippen LogP contribution in [0.25, 0.3) is 0 Å². The molecule has 5 nitrogen and oxygen atoms in total. The summed E-state index contributed by atoms with van der Waals surface area (Å²) in [5.41, 5.74) is 3.52. The number of carbonyl (C=O) groups excluding carboxylic acids is 1. The molecular weight excluding hydrogens is 343 g/mol. The van der Waals surface area contributed by atoms with Gasteiger partial charge in [0.1, 0.15) is 10.7 Å². The predicted octanol–water partition coefficient (Wildman–Crippen LogP) is 3.01. The number of hydrogen-bond acceptors (Lipinski definition) is 3. The molecule has 2 aromatic rings. The van der Waals surface area contributed by atoms with Crippen molar-refractivity contribution in [3.63, 3.8) is 0 Å². The second-order valence-electron chi connectivity index (χ2n) is 6.01. The highest BCUT2D eigenvalue weighted by molar-refractivity contribution is 7.89. The maximum atomic E-state index is 13.8. The van der Waals surface area contributed by atoms with Gasteiger partial charge in [-0.25, -0.2) is 12.8 Å². The molecule has 2 rings (SSSR count). The SMILES string of the molecule is Cc1cc(C)c(NC(=O)CN(C)S(=O)(=O)c2ccccc2F)c(C)c1. The van der Waals surface area contributed by atoms with Crippen molar-refractivity contribution < 1.29 is 17.6 Å². The third-order valence-electron chi connectivity index (χ3n) is 3.83. The Morgan fingerprint density at radius 3 is 2.24 bits per heavy atom. The zero-order valence-corrected chi connectivity index (χ0v) is 15.4. The smallest absolute Gasteiger partial charge is 0.246 e. The number of likely N-dealkylation sites (N-methyl/N-ethyl adjacent to an activating group) is 1. The summed E-state index contributed by atoms with van der Waals surface area (Å²) in [6, 6.07) is 8.95. The topological polar surface area (TPSA) is 66.5 Å². The lowest BCUT2D eigenvalue weighted by Gasteiger charge is -2.18. The van der Waals surface area contributed by atoms with E-state index < -0.39 is 33.2 Å². The highest BCUT2D eigenvalue weighted by atomic mass is 32.2. The van der Waals surface area contributed by atoms with Gasteiger partial charge in [0, 0.05) is 12.7 Å². The molecule has 134 valence electrons. The summed E-state index contributed by atoms with van der Waals surface area (Å²) in [7, 11) is -2.84. The van der Waals surface area contributed by atoms with Crippen LogP contribution in [0.1, 0.15) is 16.7 Å². The molecule has 1 N–H and O–H groups in total. The maximum Gasteiger partial charge on any atom is 0.246 e. The Morgan fingerprint density at radius 1 is 1.12 bits per heavy atom. The average Bonchev–Trinajstić information content (AvgIpc) is 2.51. The minimum atomic E-state index is -4.09. The number of nitrogens with zero attached hydrogens (tertiary/aromatic N) is 1. The number of halogens is 1. The third-order valence-corrected chi connectivity index (χ3v) is 5.67. The van der Waals surface area contributed by atoms with Crippen LogP contribution in [0, 0.1) is 26.6 Å². The fraction of sp³-hybridized carbons (Fsp3) is 0.278. The molecular formula is C18H21FN2O3S. The first-order valence-electron chi connectivity index (χ1n) is 7.71. The van der Waals surface area contributed by atoms with E-state index in [-0.39, 0.29) is 0 Å². The Hall–Kier alpha value is -2.25. The van der Waals surface area contributed by atoms with Crippen LogP contribution in [0.5, 0.6) is 0 Å². The van der Waals surface area contributed by atoms with Gasteiger partial charge < -0.3 is 5.32 Å². The Morgan fingerprint density at radius 2 is 1.68 bits per heavy atom. The summed E-state index contributed by atoms with van der Waals surface area (Å²) < 4.78 is 39.5. The minimum absolute atomic E-state index is 0.413. The van der Waals surface area contributed by atoms with Crippen molar-refractivity contribution >= 4 is 21.6 Å². The molecule has 1 amide bonds. The van der Waals surface area contributed by atoms with Gasteiger partial charge in [0.25, 0.3) is 0 Å². The van der Waals surface area contributed by atoms with E-state index in [2.05, 4.69) is 5.32 Å². The molecule has 0 spiro atoms. The van der Waals surface area contributed by atoms with Crippen molar-refractivity contribution in [2.24, 2.45) is 0 Å². The van der Waals surface area contributed by atoms with Crippen molar-refractivity contribution in [3.05, 3.63) is 58.9 Å². The van der Waals surface area contributed by atoms with E-state index in [0.717, 1.165) is 27.1 Å². The summed E-state index contributed by atoms with van der Waals surface area (Å²) >= 11 is 0. The molecule has 0 saturated heterocycles. The van der Waals surface area contributed by atoms with Crippen LogP contribution in [0.2, 0.25) is 0 Å². The monoisotopic (exact) mass is 364 g/mol. The first-order valence-corrected chi connectivity index (χ1v) is 9.15. The van der Waals surface area contributed by atoms with Gasteiger partial charge >= 0.3 is 0 Å². The second-order valence-corrected chi connectivity index (χ2v) is 8.03. The molecule has 0 fully saturated rings. The number of sulfonamides is 1. The molecule has 0 aliphatic heterocycles. The van der Waals surface area contributed by atoms with Crippen LogP contribution in [-0.4, -0.2) is 32.2 Å². The number of aryl methyl sites for hydroxylation is 3. The van der Waals surface area contributed by atoms with Crippen LogP contribution in [0.3, 0.4) is 0 Å². The highest BCUT2D eigenvalue weighted by Gasteiger charge is 2.26. The van der Waals surface area contributed by atoms with Crippen LogP contribution < -0.4 is 5.32 Å². The van der Waals surface area contributed by atoms with E-state index in [1.165, 1.54) is 25.2 Å². The molecule has 0 saturated carbocycles. The van der Waals surface area contributed by atoms with Gasteiger partial charge in [-0.1, -0.05) is 29.8 Å². The quantitative estimate of drug-likeness (QED) is 0.887. The molecule has 0 aromatic heterocycles. The molecule has 25 heavy (non-hydrogen) atoms. The van der Waals surface area contributed by atoms with Crippen molar-refractivity contribution in [3.8, 4) is 0 Å². The van der Waals surface area contributed by atoms with Crippen molar-refractivity contribution in [2.45, 2.75) is 25.7 Å². The standard InChI is InChI=1S/C18H21FN2O3S/c1-12-9-13(2)18(14(3)10-12)20-17(22)11-21(4)25(23,24)16-8-6-5-7-15(16)19/h5-10H,11H2,1-4H3,(H,20,22). The fourth-order valence-electron chi connectivity index (χ4n) is 2.67. The first-order chi connectivity index (χ1) is 11.6. The van der Waals surface area contributed by atoms with E-state index in [4.69, 9.17) is 0 Å². The lowest BCUT2D eigenvalue weighted by Crippen LogP contribution is -2.35. The van der Waals surface area contributed by atoms with E-state index in [1.807, 2.05) is 32.9 Å². The lowest BCUT2D eigenvalue weighted by molar-refractivity contribution is -0.116. The van der Waals surface area contributed by atoms with Crippen molar-refractivity contribution in [2.75, 3.05) is 18.9 Å². The van der Waals surface area contributed by atoms with Crippen LogP contribution in [-0.2, 0) is 14.8 Å². The number of carbonyl (C=O) groups is 1. The first kappa shape index (κ1) is 19.1. The largest absolute Gasteiger partial charge is 0.324 e. The van der Waals surface area contributed by atoms with Gasteiger partial charge in [0.15, 0.2) is 0 Å². The molecule has 0 atom stereocenters. The minimum Gasteiger partial charge on any atom is -0.324 e. The molecule has 0 aliphatic rings. The summed E-state index contributed by atoms with van der Waals surface area (Å²) in [5.74, 6) is -1.34. The van der Waals surface area contributed by atoms with Crippen LogP contribution >= 0.6 is 0 Å². The Kier molecular flexibility index (Phi) is 5.59. The molecule has 0 bridgehead atoms. The summed E-state index contributed by atoms with van der Waals surface area (Å²) in [6.07, 6.45) is 0. The normalized spacial score (nSPS) is 11.6. The highest BCUT2D eigenvalue weighted by Crippen LogP contribution is 2.22. The number of rotatable bonds is 5. The number of nitrogens with one attached hydrogen (secondary N) is 1. The van der Waals surface area contributed by atoms with Crippen LogP contribution in [0.15, 0.2) is 41.3 Å². The summed E-state index contributed by atoms with van der Waals surface area (Å²) in [4.78, 5) is 11.8. The van der Waals surface area contributed by atoms with Gasteiger partial charge in [-0.05, 0) is 44.0 Å². The number of hydrogen-bond donors (Lipinski definition) is 1. The maximum absolute atomic E-state index is 13.8. The Labute approximate surface area is 147 Å². The fourth-order valence-corrected chi connectivity index (χ4v) is 3.85. The summed E-state index contributed by atoms with van der Waals surface area (Å²) in [5, 5.41) is 2.74. The molecule has 0 heterocycles. The number of anilines is 1. The molecule has 0 unspecified atom stereocenters. The number of benzene rings is 2. The van der Waals surface area contributed by atoms with Crippen molar-refractivity contribution in [1.29, 1.82) is 0 Å². The van der Waals surface area contributed by atoms with Gasteiger partial charge in [0.05, 0.1) is 6.54 Å². The summed E-state index contributed by atoms with van der Waals surface area (Å²) in [6.45, 7) is 5.29. The predicted molar refractivity (Wildman–Crippen MR) is 95.5 cm³/mol. The Bertz CT molecular complexity index is 887. The van der Waals surface area contributed by atoms with E-state index in [1.54, 1.807) is 0 Å². The van der Waals surface area contributed by atoms with Gasteiger partial charge in [0.2, 0.25) is 15.9 Å². The average molecular weight is 364 g/mol. The van der Waals surface area contributed by atoms with E-state index in [0.29, 0.717) is 5.69 Å². The molecule has 7 heteroatoms. The number of amides is 1. The van der Waals surface area contributed by atoms with Crippen molar-refractivity contribution in [1.82, 2.24) is 4.31 Å². The van der Waals surface area contributed by atoms with Crippen LogP contribution in [0.4, 0.5) is 10.1 Å². The van der Waals surface area contributed by atoms with Gasteiger partial charge in [-0.15, -0.1) is 0 Å².